The highest BCUT2D eigenvalue weighted by Gasteiger charge is 2.08. The summed E-state index contributed by atoms with van der Waals surface area (Å²) in [4.78, 5) is 5.93. The average molecular weight is 429 g/mol. The third-order valence-corrected chi connectivity index (χ3v) is 3.61. The van der Waals surface area contributed by atoms with Crippen molar-refractivity contribution in [2.45, 2.75) is 6.54 Å². The van der Waals surface area contributed by atoms with E-state index in [4.69, 9.17) is 0 Å². The first-order valence-corrected chi connectivity index (χ1v) is 8.22. The average Bonchev–Trinajstić information content (AvgIpc) is 2.36. The van der Waals surface area contributed by atoms with Gasteiger partial charge in [-0.2, -0.15) is 0 Å². The number of nitrogens with zero attached hydrogens (tertiary/aromatic N) is 2. The highest BCUT2D eigenvalue weighted by molar-refractivity contribution is 14.0. The zero-order valence-electron chi connectivity index (χ0n) is 12.3. The quantitative estimate of drug-likeness (QED) is 0.438. The molecule has 0 spiro atoms. The lowest BCUT2D eigenvalue weighted by molar-refractivity contribution is 0.478. The van der Waals surface area contributed by atoms with Gasteiger partial charge in [-0.1, -0.05) is 12.1 Å². The predicted molar refractivity (Wildman–Crippen MR) is 94.4 cm³/mol. The Labute approximate surface area is 142 Å². The van der Waals surface area contributed by atoms with Crippen LogP contribution in [0, 0.1) is 5.82 Å². The van der Waals surface area contributed by atoms with E-state index in [1.54, 1.807) is 19.2 Å². The highest BCUT2D eigenvalue weighted by atomic mass is 127. The van der Waals surface area contributed by atoms with Gasteiger partial charge in [0.1, 0.15) is 15.7 Å². The molecule has 0 unspecified atom stereocenters. The molecule has 1 rings (SSSR count). The normalized spacial score (nSPS) is 11.7. The summed E-state index contributed by atoms with van der Waals surface area (Å²) in [5.41, 5.74) is 0.944. The van der Waals surface area contributed by atoms with Crippen molar-refractivity contribution in [2.75, 3.05) is 32.6 Å². The first-order valence-electron chi connectivity index (χ1n) is 6.16. The summed E-state index contributed by atoms with van der Waals surface area (Å²) in [5.74, 6) is 0.376. The van der Waals surface area contributed by atoms with E-state index in [0.717, 1.165) is 5.56 Å². The first-order chi connectivity index (χ1) is 9.31. The molecule has 1 aromatic carbocycles. The number of benzene rings is 1. The molecule has 0 aliphatic heterocycles. The van der Waals surface area contributed by atoms with Gasteiger partial charge in [-0.25, -0.2) is 12.8 Å². The van der Waals surface area contributed by atoms with Crippen LogP contribution in [0.2, 0.25) is 0 Å². The largest absolute Gasteiger partial charge is 0.355 e. The molecule has 0 aliphatic rings. The van der Waals surface area contributed by atoms with Gasteiger partial charge in [0.2, 0.25) is 0 Å². The SMILES string of the molecule is CN=C(NCCS(C)(=O)=O)N(C)Cc1ccc(F)cc1.I. The van der Waals surface area contributed by atoms with E-state index >= 15 is 0 Å². The molecule has 5 nitrogen and oxygen atoms in total. The van der Waals surface area contributed by atoms with Crippen molar-refractivity contribution in [3.63, 3.8) is 0 Å². The Morgan fingerprint density at radius 1 is 1.33 bits per heavy atom. The summed E-state index contributed by atoms with van der Waals surface area (Å²) in [6, 6.07) is 6.22. The van der Waals surface area contributed by atoms with Crippen LogP contribution in [0.5, 0.6) is 0 Å². The van der Waals surface area contributed by atoms with Crippen LogP contribution in [0.25, 0.3) is 0 Å². The summed E-state index contributed by atoms with van der Waals surface area (Å²) < 4.78 is 35.0. The summed E-state index contributed by atoms with van der Waals surface area (Å²) in [6.45, 7) is 0.859. The van der Waals surface area contributed by atoms with Crippen molar-refractivity contribution in [3.8, 4) is 0 Å². The fourth-order valence-electron chi connectivity index (χ4n) is 1.67. The van der Waals surface area contributed by atoms with Crippen molar-refractivity contribution in [1.82, 2.24) is 10.2 Å². The zero-order chi connectivity index (χ0) is 15.2. The minimum Gasteiger partial charge on any atom is -0.355 e. The van der Waals surface area contributed by atoms with E-state index < -0.39 is 9.84 Å². The van der Waals surface area contributed by atoms with Crippen molar-refractivity contribution in [1.29, 1.82) is 0 Å². The van der Waals surface area contributed by atoms with Crippen molar-refractivity contribution in [2.24, 2.45) is 4.99 Å². The van der Waals surface area contributed by atoms with Gasteiger partial charge in [-0.3, -0.25) is 4.99 Å². The van der Waals surface area contributed by atoms with Gasteiger partial charge < -0.3 is 10.2 Å². The lowest BCUT2D eigenvalue weighted by Gasteiger charge is -2.22. The van der Waals surface area contributed by atoms with E-state index in [1.807, 2.05) is 11.9 Å². The van der Waals surface area contributed by atoms with E-state index in [-0.39, 0.29) is 35.5 Å². The Morgan fingerprint density at radius 3 is 2.38 bits per heavy atom. The van der Waals surface area contributed by atoms with Crippen LogP contribution in [0.15, 0.2) is 29.3 Å². The second-order valence-corrected chi connectivity index (χ2v) is 6.85. The summed E-state index contributed by atoms with van der Waals surface area (Å²) in [5, 5.41) is 2.98. The molecule has 0 radical (unpaired) electrons. The number of aliphatic imine (C=N–C) groups is 1. The van der Waals surface area contributed by atoms with Crippen LogP contribution in [-0.4, -0.2) is 51.9 Å². The Bertz CT molecular complexity index is 561. The Kier molecular flexibility index (Phi) is 8.79. The molecule has 0 saturated heterocycles. The van der Waals surface area contributed by atoms with Crippen LogP contribution >= 0.6 is 24.0 Å². The maximum atomic E-state index is 12.8. The molecular weight excluding hydrogens is 408 g/mol. The molecule has 0 bridgehead atoms. The lowest BCUT2D eigenvalue weighted by atomic mass is 10.2. The van der Waals surface area contributed by atoms with Gasteiger partial charge >= 0.3 is 0 Å². The monoisotopic (exact) mass is 429 g/mol. The second-order valence-electron chi connectivity index (χ2n) is 4.59. The van der Waals surface area contributed by atoms with Gasteiger partial charge in [0, 0.05) is 33.4 Å². The highest BCUT2D eigenvalue weighted by Crippen LogP contribution is 2.05. The molecule has 8 heteroatoms. The Hall–Kier alpha value is -0.900. The van der Waals surface area contributed by atoms with Crippen LogP contribution in [0.3, 0.4) is 0 Å². The molecule has 0 aromatic heterocycles. The molecule has 1 aromatic rings. The fraction of sp³-hybridized carbons (Fsp3) is 0.462. The summed E-state index contributed by atoms with van der Waals surface area (Å²) in [7, 11) is 0.466. The third kappa shape index (κ3) is 8.20. The lowest BCUT2D eigenvalue weighted by Crippen LogP contribution is -2.40. The molecule has 0 saturated carbocycles. The minimum absolute atomic E-state index is 0. The second kappa shape index (κ2) is 9.19. The van der Waals surface area contributed by atoms with Gasteiger partial charge in [-0.05, 0) is 17.7 Å². The number of nitrogens with one attached hydrogen (secondary N) is 1. The summed E-state index contributed by atoms with van der Waals surface area (Å²) >= 11 is 0. The van der Waals surface area contributed by atoms with E-state index in [0.29, 0.717) is 19.0 Å². The van der Waals surface area contributed by atoms with Crippen molar-refractivity contribution < 1.29 is 12.8 Å². The number of guanidine groups is 1. The number of sulfone groups is 1. The third-order valence-electron chi connectivity index (χ3n) is 2.66. The van der Waals surface area contributed by atoms with E-state index in [2.05, 4.69) is 10.3 Å². The molecule has 1 N–H and O–H groups in total. The zero-order valence-corrected chi connectivity index (χ0v) is 15.5. The van der Waals surface area contributed by atoms with Gasteiger partial charge in [-0.15, -0.1) is 24.0 Å². The minimum atomic E-state index is -3.00. The van der Waals surface area contributed by atoms with Crippen LogP contribution in [0.4, 0.5) is 4.39 Å². The molecule has 0 amide bonds. The van der Waals surface area contributed by atoms with Crippen LogP contribution < -0.4 is 5.32 Å². The molecule has 120 valence electrons. The molecule has 21 heavy (non-hydrogen) atoms. The first kappa shape index (κ1) is 20.1. The number of halogens is 2. The van der Waals surface area contributed by atoms with Gasteiger partial charge in [0.15, 0.2) is 5.96 Å². The predicted octanol–water partition coefficient (Wildman–Crippen LogP) is 1.50. The number of hydrogen-bond acceptors (Lipinski definition) is 3. The standard InChI is InChI=1S/C13H20FN3O2S.HI/c1-15-13(16-8-9-20(3,18)19)17(2)10-11-4-6-12(14)7-5-11;/h4-7H,8-10H2,1-3H3,(H,15,16);1H. The molecule has 0 aliphatic carbocycles. The Balaban J connectivity index is 0.00000400. The number of rotatable bonds is 5. The molecule has 0 fully saturated rings. The van der Waals surface area contributed by atoms with Crippen molar-refractivity contribution >= 4 is 39.8 Å². The maximum absolute atomic E-state index is 12.8. The van der Waals surface area contributed by atoms with Gasteiger partial charge in [0.25, 0.3) is 0 Å². The summed E-state index contributed by atoms with van der Waals surface area (Å²) in [6.07, 6.45) is 1.19. The van der Waals surface area contributed by atoms with Crippen LogP contribution in [-0.2, 0) is 16.4 Å². The molecule has 0 heterocycles. The van der Waals surface area contributed by atoms with Gasteiger partial charge in [0.05, 0.1) is 5.75 Å². The van der Waals surface area contributed by atoms with Crippen molar-refractivity contribution in [3.05, 3.63) is 35.6 Å². The Morgan fingerprint density at radius 2 is 1.90 bits per heavy atom. The van der Waals surface area contributed by atoms with E-state index in [1.165, 1.54) is 18.4 Å². The van der Waals surface area contributed by atoms with Crippen LogP contribution in [0.1, 0.15) is 5.56 Å². The fourth-order valence-corrected chi connectivity index (χ4v) is 2.14. The topological polar surface area (TPSA) is 61.8 Å². The maximum Gasteiger partial charge on any atom is 0.193 e. The smallest absolute Gasteiger partial charge is 0.193 e. The van der Waals surface area contributed by atoms with E-state index in [9.17, 15) is 12.8 Å². The molecule has 0 atom stereocenters. The number of hydrogen-bond donors (Lipinski definition) is 1. The molecular formula is C13H21FIN3O2S.